The normalized spacial score (nSPS) is 12.5. The Balaban J connectivity index is 2.54. The predicted octanol–water partition coefficient (Wildman–Crippen LogP) is -0.817. The number of rotatable bonds is 5. The second-order valence-corrected chi connectivity index (χ2v) is 3.70. The zero-order valence-corrected chi connectivity index (χ0v) is 9.12. The molecule has 0 aliphatic rings. The van der Waals surface area contributed by atoms with Gasteiger partial charge in [-0.15, -0.1) is 5.10 Å². The van der Waals surface area contributed by atoms with Gasteiger partial charge in [-0.3, -0.25) is 4.79 Å². The first-order valence-electron chi connectivity index (χ1n) is 4.57. The van der Waals surface area contributed by atoms with Crippen molar-refractivity contribution in [3.63, 3.8) is 0 Å². The molecule has 1 heterocycles. The topological polar surface area (TPSA) is 95.3 Å². The van der Waals surface area contributed by atoms with Gasteiger partial charge in [0.25, 0.3) is 5.91 Å². The molecule has 0 fully saturated rings. The van der Waals surface area contributed by atoms with Crippen LogP contribution in [0.15, 0.2) is 0 Å². The van der Waals surface area contributed by atoms with Crippen molar-refractivity contribution >= 4 is 17.4 Å². The van der Waals surface area contributed by atoms with E-state index in [0.717, 1.165) is 11.5 Å². The summed E-state index contributed by atoms with van der Waals surface area (Å²) in [5, 5.41) is 23.9. The fraction of sp³-hybridized carbons (Fsp3) is 0.625. The molecular formula is C8H13N3O3S. The quantitative estimate of drug-likeness (QED) is 0.615. The maximum atomic E-state index is 11.5. The Morgan fingerprint density at radius 2 is 2.40 bits per heavy atom. The van der Waals surface area contributed by atoms with Crippen LogP contribution in [0.25, 0.3) is 0 Å². The van der Waals surface area contributed by atoms with Gasteiger partial charge in [-0.25, -0.2) is 0 Å². The molecule has 0 aromatic carbocycles. The average Bonchev–Trinajstić information content (AvgIpc) is 2.73. The standard InChI is InChI=1S/C8H13N3O3S/c1-2-6-7(15-11-10-6)8(14)9-3-5(13)4-12/h5,12-13H,2-4H2,1H3,(H,9,14). The summed E-state index contributed by atoms with van der Waals surface area (Å²) in [6, 6.07) is 0. The van der Waals surface area contributed by atoms with E-state index in [1.165, 1.54) is 0 Å². The summed E-state index contributed by atoms with van der Waals surface area (Å²) in [4.78, 5) is 12.0. The lowest BCUT2D eigenvalue weighted by Crippen LogP contribution is -2.33. The summed E-state index contributed by atoms with van der Waals surface area (Å²) < 4.78 is 3.68. The Kier molecular flexibility index (Phi) is 4.60. The van der Waals surface area contributed by atoms with Gasteiger partial charge in [0.1, 0.15) is 4.88 Å². The third-order valence-corrected chi connectivity index (χ3v) is 2.57. The van der Waals surface area contributed by atoms with Crippen LogP contribution in [0.4, 0.5) is 0 Å². The Labute approximate surface area is 91.1 Å². The predicted molar refractivity (Wildman–Crippen MR) is 54.7 cm³/mol. The minimum Gasteiger partial charge on any atom is -0.394 e. The number of aromatic nitrogens is 2. The zero-order valence-electron chi connectivity index (χ0n) is 8.30. The Morgan fingerprint density at radius 1 is 1.67 bits per heavy atom. The van der Waals surface area contributed by atoms with E-state index < -0.39 is 6.10 Å². The van der Waals surface area contributed by atoms with E-state index in [2.05, 4.69) is 14.9 Å². The number of nitrogens with zero attached hydrogens (tertiary/aromatic N) is 2. The van der Waals surface area contributed by atoms with Crippen molar-refractivity contribution in [3.05, 3.63) is 10.6 Å². The molecule has 0 aliphatic carbocycles. The first-order chi connectivity index (χ1) is 7.19. The number of aliphatic hydroxyl groups excluding tert-OH is 2. The summed E-state index contributed by atoms with van der Waals surface area (Å²) in [5.74, 6) is -0.311. The van der Waals surface area contributed by atoms with E-state index in [1.807, 2.05) is 6.92 Å². The summed E-state index contributed by atoms with van der Waals surface area (Å²) in [6.45, 7) is 1.54. The number of amides is 1. The van der Waals surface area contributed by atoms with Gasteiger partial charge in [-0.2, -0.15) is 0 Å². The second-order valence-electron chi connectivity index (χ2n) is 2.95. The summed E-state index contributed by atoms with van der Waals surface area (Å²) in [7, 11) is 0. The van der Waals surface area contributed by atoms with E-state index in [4.69, 9.17) is 10.2 Å². The largest absolute Gasteiger partial charge is 0.394 e. The zero-order chi connectivity index (χ0) is 11.3. The molecule has 84 valence electrons. The highest BCUT2D eigenvalue weighted by Gasteiger charge is 2.15. The number of nitrogens with one attached hydrogen (secondary N) is 1. The monoisotopic (exact) mass is 231 g/mol. The summed E-state index contributed by atoms with van der Waals surface area (Å²) in [5.41, 5.74) is 0.649. The van der Waals surface area contributed by atoms with Crippen molar-refractivity contribution in [2.45, 2.75) is 19.4 Å². The van der Waals surface area contributed by atoms with Crippen molar-refractivity contribution in [3.8, 4) is 0 Å². The number of aryl methyl sites for hydroxylation is 1. The molecule has 0 bridgehead atoms. The van der Waals surface area contributed by atoms with Crippen LogP contribution >= 0.6 is 11.5 Å². The molecule has 1 amide bonds. The molecule has 0 saturated heterocycles. The molecule has 1 aromatic heterocycles. The Morgan fingerprint density at radius 3 is 3.00 bits per heavy atom. The fourth-order valence-corrected chi connectivity index (χ4v) is 1.63. The first-order valence-corrected chi connectivity index (χ1v) is 5.34. The number of carbonyl (C=O) groups is 1. The number of hydrogen-bond donors (Lipinski definition) is 3. The minimum atomic E-state index is -0.931. The molecule has 1 atom stereocenters. The molecule has 0 radical (unpaired) electrons. The maximum Gasteiger partial charge on any atom is 0.265 e. The smallest absolute Gasteiger partial charge is 0.265 e. The van der Waals surface area contributed by atoms with Crippen LogP contribution in [0, 0.1) is 0 Å². The maximum absolute atomic E-state index is 11.5. The molecule has 0 saturated carbocycles. The van der Waals surface area contributed by atoms with Crippen molar-refractivity contribution in [2.75, 3.05) is 13.2 Å². The molecular weight excluding hydrogens is 218 g/mol. The summed E-state index contributed by atoms with van der Waals surface area (Å²) >= 11 is 1.02. The van der Waals surface area contributed by atoms with Gasteiger partial charge in [0.15, 0.2) is 0 Å². The van der Waals surface area contributed by atoms with Crippen molar-refractivity contribution in [2.24, 2.45) is 0 Å². The highest BCUT2D eigenvalue weighted by molar-refractivity contribution is 7.08. The molecule has 0 aliphatic heterocycles. The lowest BCUT2D eigenvalue weighted by atomic mass is 10.3. The number of aliphatic hydroxyl groups is 2. The third-order valence-electron chi connectivity index (χ3n) is 1.81. The van der Waals surface area contributed by atoms with Gasteiger partial charge >= 0.3 is 0 Å². The second kappa shape index (κ2) is 5.74. The van der Waals surface area contributed by atoms with Crippen LogP contribution in [0.1, 0.15) is 22.3 Å². The molecule has 1 aromatic rings. The molecule has 6 nitrogen and oxygen atoms in total. The van der Waals surface area contributed by atoms with Crippen molar-refractivity contribution in [1.82, 2.24) is 14.9 Å². The van der Waals surface area contributed by atoms with Crippen LogP contribution < -0.4 is 5.32 Å². The van der Waals surface area contributed by atoms with Crippen LogP contribution in [0.3, 0.4) is 0 Å². The Bertz CT molecular complexity index is 329. The van der Waals surface area contributed by atoms with Gasteiger partial charge in [0.05, 0.1) is 18.4 Å². The summed E-state index contributed by atoms with van der Waals surface area (Å²) in [6.07, 6.45) is -0.290. The lowest BCUT2D eigenvalue weighted by molar-refractivity contribution is 0.0804. The van der Waals surface area contributed by atoms with Gasteiger partial charge < -0.3 is 15.5 Å². The van der Waals surface area contributed by atoms with Crippen LogP contribution in [0.5, 0.6) is 0 Å². The van der Waals surface area contributed by atoms with Crippen molar-refractivity contribution < 1.29 is 15.0 Å². The molecule has 1 unspecified atom stereocenters. The van der Waals surface area contributed by atoms with E-state index in [9.17, 15) is 4.79 Å². The highest BCUT2D eigenvalue weighted by Crippen LogP contribution is 2.10. The van der Waals surface area contributed by atoms with Gasteiger partial charge in [-0.05, 0) is 18.0 Å². The van der Waals surface area contributed by atoms with Gasteiger partial charge in [-0.1, -0.05) is 11.4 Å². The Hall–Kier alpha value is -1.05. The number of carbonyl (C=O) groups excluding carboxylic acids is 1. The van der Waals surface area contributed by atoms with Crippen LogP contribution in [-0.2, 0) is 6.42 Å². The lowest BCUT2D eigenvalue weighted by Gasteiger charge is -2.07. The molecule has 1 rings (SSSR count). The van der Waals surface area contributed by atoms with E-state index in [1.54, 1.807) is 0 Å². The van der Waals surface area contributed by atoms with E-state index in [-0.39, 0.29) is 19.1 Å². The van der Waals surface area contributed by atoms with Gasteiger partial charge in [0.2, 0.25) is 0 Å². The van der Waals surface area contributed by atoms with Gasteiger partial charge in [0, 0.05) is 6.54 Å². The molecule has 3 N–H and O–H groups in total. The average molecular weight is 231 g/mol. The molecule has 15 heavy (non-hydrogen) atoms. The number of hydrogen-bond acceptors (Lipinski definition) is 6. The van der Waals surface area contributed by atoms with Crippen LogP contribution in [0.2, 0.25) is 0 Å². The first kappa shape index (κ1) is 12.0. The SMILES string of the molecule is CCc1nnsc1C(=O)NCC(O)CO. The van der Waals surface area contributed by atoms with E-state index >= 15 is 0 Å². The third kappa shape index (κ3) is 3.22. The minimum absolute atomic E-state index is 0.0242. The molecule has 0 spiro atoms. The van der Waals surface area contributed by atoms with Crippen LogP contribution in [-0.4, -0.2) is 45.0 Å². The molecule has 7 heteroatoms. The fourth-order valence-electron chi connectivity index (χ4n) is 0.968. The van der Waals surface area contributed by atoms with E-state index in [0.29, 0.717) is 17.0 Å². The van der Waals surface area contributed by atoms with Crippen molar-refractivity contribution in [1.29, 1.82) is 0 Å². The highest BCUT2D eigenvalue weighted by atomic mass is 32.1.